The Balaban J connectivity index is 1.83. The molecule has 0 heterocycles. The molecule has 0 radical (unpaired) electrons. The lowest BCUT2D eigenvalue weighted by atomic mass is 9.79. The van der Waals surface area contributed by atoms with Gasteiger partial charge in [0.25, 0.3) is 0 Å². The van der Waals surface area contributed by atoms with Crippen molar-refractivity contribution in [2.45, 2.75) is 64.2 Å². The van der Waals surface area contributed by atoms with Gasteiger partial charge >= 0.3 is 5.97 Å². The summed E-state index contributed by atoms with van der Waals surface area (Å²) in [5.74, 6) is 0.944. The van der Waals surface area contributed by atoms with Crippen molar-refractivity contribution in [2.24, 2.45) is 5.92 Å². The predicted octanol–water partition coefficient (Wildman–Crippen LogP) is 5.21. The van der Waals surface area contributed by atoms with Gasteiger partial charge in [-0.2, -0.15) is 0 Å². The van der Waals surface area contributed by atoms with Gasteiger partial charge in [0.1, 0.15) is 5.75 Å². The second-order valence-electron chi connectivity index (χ2n) is 6.35. The molecular formula is C19H25ClO3. The molecule has 1 aliphatic rings. The molecule has 4 heteroatoms. The lowest BCUT2D eigenvalue weighted by molar-refractivity contribution is -0.134. The molecule has 1 aliphatic carbocycles. The van der Waals surface area contributed by atoms with Crippen LogP contribution in [0.4, 0.5) is 0 Å². The van der Waals surface area contributed by atoms with Crippen LogP contribution in [0, 0.1) is 5.92 Å². The fourth-order valence-corrected chi connectivity index (χ4v) is 3.38. The Morgan fingerprint density at radius 3 is 2.30 bits per heavy atom. The zero-order valence-electron chi connectivity index (χ0n) is 13.7. The Morgan fingerprint density at radius 2 is 1.74 bits per heavy atom. The van der Waals surface area contributed by atoms with Gasteiger partial charge in [0.15, 0.2) is 0 Å². The Bertz CT molecular complexity index is 516. The number of halogens is 1. The smallest absolute Gasteiger partial charge is 0.311 e. The molecule has 0 aliphatic heterocycles. The van der Waals surface area contributed by atoms with Crippen LogP contribution in [0.25, 0.3) is 0 Å². The Labute approximate surface area is 143 Å². The van der Waals surface area contributed by atoms with E-state index < -0.39 is 0 Å². The van der Waals surface area contributed by atoms with Gasteiger partial charge in [0.2, 0.25) is 5.24 Å². The molecule has 0 N–H and O–H groups in total. The molecule has 0 spiro atoms. The van der Waals surface area contributed by atoms with E-state index in [-0.39, 0.29) is 17.1 Å². The number of hydrogen-bond donors (Lipinski definition) is 0. The summed E-state index contributed by atoms with van der Waals surface area (Å²) in [6.45, 7) is 2.11. The minimum Gasteiger partial charge on any atom is -0.427 e. The van der Waals surface area contributed by atoms with Crippen molar-refractivity contribution in [3.05, 3.63) is 29.8 Å². The molecule has 0 aromatic heterocycles. The first-order valence-electron chi connectivity index (χ1n) is 8.60. The predicted molar refractivity (Wildman–Crippen MR) is 91.8 cm³/mol. The van der Waals surface area contributed by atoms with Gasteiger partial charge in [-0.15, -0.1) is 0 Å². The third-order valence-corrected chi connectivity index (χ3v) is 4.92. The zero-order valence-corrected chi connectivity index (χ0v) is 14.5. The summed E-state index contributed by atoms with van der Waals surface area (Å²) in [7, 11) is 0. The van der Waals surface area contributed by atoms with Crippen molar-refractivity contribution in [1.29, 1.82) is 0 Å². The average Bonchev–Trinajstić information content (AvgIpc) is 2.56. The standard InChI is InChI=1S/C19H25ClO3/c1-2-3-4-5-18(21)23-17-12-10-15(11-13-17)14-6-8-16(9-7-14)19(20)22/h10-14,16H,2-9H2,1H3. The lowest BCUT2D eigenvalue weighted by Crippen LogP contribution is -2.17. The van der Waals surface area contributed by atoms with Gasteiger partial charge in [-0.25, -0.2) is 0 Å². The van der Waals surface area contributed by atoms with Crippen LogP contribution in [0.1, 0.15) is 69.8 Å². The lowest BCUT2D eigenvalue weighted by Gasteiger charge is -2.26. The number of rotatable bonds is 7. The summed E-state index contributed by atoms with van der Waals surface area (Å²) in [4.78, 5) is 22.9. The van der Waals surface area contributed by atoms with Gasteiger partial charge in [0, 0.05) is 12.3 Å². The van der Waals surface area contributed by atoms with E-state index in [9.17, 15) is 9.59 Å². The van der Waals surface area contributed by atoms with Crippen molar-refractivity contribution < 1.29 is 14.3 Å². The normalized spacial score (nSPS) is 21.0. The molecule has 0 atom stereocenters. The van der Waals surface area contributed by atoms with Crippen LogP contribution in [0.5, 0.6) is 5.75 Å². The van der Waals surface area contributed by atoms with Crippen molar-refractivity contribution in [2.75, 3.05) is 0 Å². The van der Waals surface area contributed by atoms with Crippen LogP contribution in [0.15, 0.2) is 24.3 Å². The van der Waals surface area contributed by atoms with E-state index >= 15 is 0 Å². The first kappa shape index (κ1) is 18.0. The molecule has 0 saturated heterocycles. The van der Waals surface area contributed by atoms with Gasteiger partial charge in [-0.1, -0.05) is 31.9 Å². The maximum absolute atomic E-state index is 11.7. The van der Waals surface area contributed by atoms with Crippen LogP contribution in [0.2, 0.25) is 0 Å². The number of ether oxygens (including phenoxy) is 1. The highest BCUT2D eigenvalue weighted by Crippen LogP contribution is 2.37. The largest absolute Gasteiger partial charge is 0.427 e. The molecule has 0 unspecified atom stereocenters. The van der Waals surface area contributed by atoms with Gasteiger partial charge in [0.05, 0.1) is 0 Å². The number of carbonyl (C=O) groups is 2. The molecular weight excluding hydrogens is 312 g/mol. The van der Waals surface area contributed by atoms with Crippen LogP contribution in [-0.2, 0) is 9.59 Å². The average molecular weight is 337 g/mol. The molecule has 126 valence electrons. The number of carbonyl (C=O) groups excluding carboxylic acids is 2. The monoisotopic (exact) mass is 336 g/mol. The summed E-state index contributed by atoms with van der Waals surface area (Å²) in [6.07, 6.45) is 7.21. The summed E-state index contributed by atoms with van der Waals surface area (Å²) in [5, 5.41) is -0.200. The van der Waals surface area contributed by atoms with E-state index in [0.29, 0.717) is 18.1 Å². The summed E-state index contributed by atoms with van der Waals surface area (Å²) in [6, 6.07) is 7.79. The second-order valence-corrected chi connectivity index (χ2v) is 6.73. The summed E-state index contributed by atoms with van der Waals surface area (Å²) >= 11 is 5.58. The Hall–Kier alpha value is -1.35. The van der Waals surface area contributed by atoms with Gasteiger partial charge in [-0.3, -0.25) is 9.59 Å². The fraction of sp³-hybridized carbons (Fsp3) is 0.579. The Morgan fingerprint density at radius 1 is 1.09 bits per heavy atom. The molecule has 0 bridgehead atoms. The first-order valence-corrected chi connectivity index (χ1v) is 8.98. The minimum absolute atomic E-state index is 0.0243. The van der Waals surface area contributed by atoms with E-state index in [2.05, 4.69) is 6.92 Å². The van der Waals surface area contributed by atoms with E-state index in [1.54, 1.807) is 0 Å². The van der Waals surface area contributed by atoms with Crippen molar-refractivity contribution in [1.82, 2.24) is 0 Å². The second kappa shape index (κ2) is 9.07. The van der Waals surface area contributed by atoms with Crippen LogP contribution >= 0.6 is 11.6 Å². The Kier molecular flexibility index (Phi) is 7.10. The molecule has 1 fully saturated rings. The van der Waals surface area contributed by atoms with Crippen molar-refractivity contribution in [3.8, 4) is 5.75 Å². The number of benzene rings is 1. The quantitative estimate of drug-likeness (QED) is 0.297. The highest BCUT2D eigenvalue weighted by Gasteiger charge is 2.25. The highest BCUT2D eigenvalue weighted by molar-refractivity contribution is 6.63. The first-order chi connectivity index (χ1) is 11.1. The molecule has 1 aromatic carbocycles. The van der Waals surface area contributed by atoms with Gasteiger partial charge in [-0.05, 0) is 67.3 Å². The number of hydrogen-bond acceptors (Lipinski definition) is 3. The topological polar surface area (TPSA) is 43.4 Å². The molecule has 1 aromatic rings. The molecule has 0 amide bonds. The summed E-state index contributed by atoms with van der Waals surface area (Å²) in [5.41, 5.74) is 1.25. The van der Waals surface area contributed by atoms with Gasteiger partial charge < -0.3 is 4.74 Å². The third-order valence-electron chi connectivity index (χ3n) is 4.62. The molecule has 2 rings (SSSR count). The molecule has 1 saturated carbocycles. The third kappa shape index (κ3) is 5.65. The SMILES string of the molecule is CCCCCC(=O)Oc1ccc(C2CCC(C(=O)Cl)CC2)cc1. The fourth-order valence-electron chi connectivity index (χ4n) is 3.16. The van der Waals surface area contributed by atoms with Crippen LogP contribution in [0.3, 0.4) is 0 Å². The summed E-state index contributed by atoms with van der Waals surface area (Å²) < 4.78 is 5.35. The zero-order chi connectivity index (χ0) is 16.7. The van der Waals surface area contributed by atoms with E-state index in [4.69, 9.17) is 16.3 Å². The minimum atomic E-state index is -0.200. The van der Waals surface area contributed by atoms with E-state index in [1.807, 2.05) is 24.3 Å². The maximum Gasteiger partial charge on any atom is 0.311 e. The van der Waals surface area contributed by atoms with E-state index in [0.717, 1.165) is 44.9 Å². The highest BCUT2D eigenvalue weighted by atomic mass is 35.5. The molecule has 3 nitrogen and oxygen atoms in total. The maximum atomic E-state index is 11.7. The molecule has 23 heavy (non-hydrogen) atoms. The van der Waals surface area contributed by atoms with E-state index in [1.165, 1.54) is 5.56 Å². The van der Waals surface area contributed by atoms with Crippen LogP contribution < -0.4 is 4.74 Å². The van der Waals surface area contributed by atoms with Crippen LogP contribution in [-0.4, -0.2) is 11.2 Å². The van der Waals surface area contributed by atoms with Crippen molar-refractivity contribution >= 4 is 22.8 Å². The number of esters is 1. The number of unbranched alkanes of at least 4 members (excludes halogenated alkanes) is 2. The van der Waals surface area contributed by atoms with Crippen molar-refractivity contribution in [3.63, 3.8) is 0 Å².